The molecule has 0 fully saturated rings. The van der Waals surface area contributed by atoms with Gasteiger partial charge in [-0.3, -0.25) is 0 Å². The third-order valence-corrected chi connectivity index (χ3v) is 3.27. The molecule has 2 heteroatoms. The van der Waals surface area contributed by atoms with Gasteiger partial charge in [0.15, 0.2) is 0 Å². The highest BCUT2D eigenvalue weighted by atomic mass is 28.2. The van der Waals surface area contributed by atoms with Crippen molar-refractivity contribution in [2.75, 3.05) is 0 Å². The van der Waals surface area contributed by atoms with E-state index in [-0.39, 0.29) is 0 Å². The van der Waals surface area contributed by atoms with Gasteiger partial charge in [-0.15, -0.1) is 0 Å². The Hall–Kier alpha value is -1.54. The molecule has 14 heavy (non-hydrogen) atoms. The average Bonchev–Trinajstić information content (AvgIpc) is 2.29. The lowest BCUT2D eigenvalue weighted by Crippen LogP contribution is -2.19. The van der Waals surface area contributed by atoms with Crippen molar-refractivity contribution in [1.82, 2.24) is 0 Å². The molecule has 2 rings (SSSR count). The van der Waals surface area contributed by atoms with E-state index in [0.29, 0.717) is 0 Å². The van der Waals surface area contributed by atoms with Gasteiger partial charge in [0.25, 0.3) is 9.76 Å². The van der Waals surface area contributed by atoms with Crippen LogP contribution in [0.2, 0.25) is 0 Å². The van der Waals surface area contributed by atoms with Crippen molar-refractivity contribution in [2.24, 2.45) is 0 Å². The lowest BCUT2D eigenvalue weighted by atomic mass is 10.3. The second kappa shape index (κ2) is 4.63. The second-order valence-electron chi connectivity index (χ2n) is 3.09. The van der Waals surface area contributed by atoms with Crippen molar-refractivity contribution >= 4 is 14.9 Å². The van der Waals surface area contributed by atoms with Gasteiger partial charge in [-0.25, -0.2) is 0 Å². The van der Waals surface area contributed by atoms with E-state index in [1.54, 1.807) is 0 Å². The van der Waals surface area contributed by atoms with Crippen LogP contribution in [0.3, 0.4) is 0 Å². The molecule has 0 aliphatic rings. The van der Waals surface area contributed by atoms with Crippen LogP contribution in [0, 0.1) is 0 Å². The highest BCUT2D eigenvalue weighted by Gasteiger charge is 1.94. The number of hydrogen-bond acceptors (Lipinski definition) is 1. The van der Waals surface area contributed by atoms with Crippen LogP contribution in [0.5, 0.6) is 5.75 Å². The van der Waals surface area contributed by atoms with Gasteiger partial charge in [-0.2, -0.15) is 0 Å². The third kappa shape index (κ3) is 2.47. The number of hydrogen-bond donors (Lipinski definition) is 0. The molecule has 0 radical (unpaired) electrons. The minimum absolute atomic E-state index is 0.610. The van der Waals surface area contributed by atoms with Crippen LogP contribution in [-0.2, 0) is 0 Å². The summed E-state index contributed by atoms with van der Waals surface area (Å²) in [6.45, 7) is 0. The summed E-state index contributed by atoms with van der Waals surface area (Å²) >= 11 is 0. The standard InChI is InChI=1S/C12H12OSi/c1-3-7-11(8-4-1)13-14-12-9-5-2-6-10-12/h1-10H,14H2. The lowest BCUT2D eigenvalue weighted by Gasteiger charge is -2.04. The first-order chi connectivity index (χ1) is 6.95. The van der Waals surface area contributed by atoms with Crippen LogP contribution in [-0.4, -0.2) is 9.76 Å². The van der Waals surface area contributed by atoms with Crippen LogP contribution in [0.25, 0.3) is 0 Å². The Labute approximate surface area is 86.3 Å². The Morgan fingerprint density at radius 1 is 0.714 bits per heavy atom. The van der Waals surface area contributed by atoms with Gasteiger partial charge >= 0.3 is 0 Å². The normalized spacial score (nSPS) is 10.6. The molecule has 0 aliphatic carbocycles. The summed E-state index contributed by atoms with van der Waals surface area (Å²) in [5, 5.41) is 1.33. The Kier molecular flexibility index (Phi) is 2.98. The molecule has 0 atom stereocenters. The molecule has 0 N–H and O–H groups in total. The molecular weight excluding hydrogens is 188 g/mol. The minimum Gasteiger partial charge on any atom is -0.545 e. The summed E-state index contributed by atoms with van der Waals surface area (Å²) in [6, 6.07) is 20.4. The zero-order chi connectivity index (χ0) is 9.64. The van der Waals surface area contributed by atoms with Crippen LogP contribution in [0.1, 0.15) is 0 Å². The monoisotopic (exact) mass is 200 g/mol. The van der Waals surface area contributed by atoms with Gasteiger partial charge in [0.1, 0.15) is 5.75 Å². The van der Waals surface area contributed by atoms with E-state index in [0.717, 1.165) is 5.75 Å². The lowest BCUT2D eigenvalue weighted by molar-refractivity contribution is 0.605. The van der Waals surface area contributed by atoms with Gasteiger partial charge in [-0.1, -0.05) is 48.5 Å². The van der Waals surface area contributed by atoms with Crippen molar-refractivity contribution in [3.8, 4) is 5.75 Å². The molecule has 2 aromatic carbocycles. The minimum atomic E-state index is -0.610. The maximum atomic E-state index is 5.73. The highest BCUT2D eigenvalue weighted by molar-refractivity contribution is 6.47. The summed E-state index contributed by atoms with van der Waals surface area (Å²) < 4.78 is 5.73. The summed E-state index contributed by atoms with van der Waals surface area (Å²) in [5.41, 5.74) is 0. The molecule has 0 amide bonds. The van der Waals surface area contributed by atoms with Gasteiger partial charge in [-0.05, 0) is 17.3 Å². The maximum Gasteiger partial charge on any atom is 0.251 e. The van der Waals surface area contributed by atoms with E-state index in [4.69, 9.17) is 4.43 Å². The topological polar surface area (TPSA) is 9.23 Å². The Morgan fingerprint density at radius 2 is 1.29 bits per heavy atom. The van der Waals surface area contributed by atoms with Gasteiger partial charge in [0, 0.05) is 0 Å². The first-order valence-corrected chi connectivity index (χ1v) is 5.95. The molecule has 0 saturated carbocycles. The Balaban J connectivity index is 1.96. The molecule has 0 aromatic heterocycles. The average molecular weight is 200 g/mol. The maximum absolute atomic E-state index is 5.73. The molecule has 0 spiro atoms. The van der Waals surface area contributed by atoms with E-state index < -0.39 is 9.76 Å². The smallest absolute Gasteiger partial charge is 0.251 e. The summed E-state index contributed by atoms with van der Waals surface area (Å²) in [6.07, 6.45) is 0. The zero-order valence-corrected chi connectivity index (χ0v) is 9.30. The number of para-hydroxylation sites is 1. The van der Waals surface area contributed by atoms with Crippen molar-refractivity contribution in [3.05, 3.63) is 60.7 Å². The molecule has 2 aromatic rings. The van der Waals surface area contributed by atoms with Crippen molar-refractivity contribution in [1.29, 1.82) is 0 Å². The van der Waals surface area contributed by atoms with Crippen molar-refractivity contribution in [3.63, 3.8) is 0 Å². The molecule has 0 aliphatic heterocycles. The number of rotatable bonds is 3. The third-order valence-electron chi connectivity index (χ3n) is 1.99. The van der Waals surface area contributed by atoms with Gasteiger partial charge in [0.05, 0.1) is 0 Å². The Bertz CT molecular complexity index is 333. The first kappa shape index (κ1) is 9.03. The zero-order valence-electron chi connectivity index (χ0n) is 7.89. The van der Waals surface area contributed by atoms with Crippen LogP contribution in [0.4, 0.5) is 0 Å². The largest absolute Gasteiger partial charge is 0.545 e. The van der Waals surface area contributed by atoms with Crippen molar-refractivity contribution < 1.29 is 4.43 Å². The number of benzene rings is 2. The molecule has 0 heterocycles. The predicted molar refractivity (Wildman–Crippen MR) is 61.7 cm³/mol. The van der Waals surface area contributed by atoms with Crippen molar-refractivity contribution in [2.45, 2.75) is 0 Å². The quantitative estimate of drug-likeness (QED) is 0.682. The molecular formula is C12H12OSi. The van der Waals surface area contributed by atoms with E-state index >= 15 is 0 Å². The molecule has 0 bridgehead atoms. The van der Waals surface area contributed by atoms with Crippen LogP contribution >= 0.6 is 0 Å². The first-order valence-electron chi connectivity index (χ1n) is 4.67. The van der Waals surface area contributed by atoms with Gasteiger partial charge < -0.3 is 4.43 Å². The molecule has 0 unspecified atom stereocenters. The van der Waals surface area contributed by atoms with Crippen LogP contribution < -0.4 is 9.61 Å². The predicted octanol–water partition coefficient (Wildman–Crippen LogP) is 1.47. The second-order valence-corrected chi connectivity index (χ2v) is 4.48. The fourth-order valence-corrected chi connectivity index (χ4v) is 2.25. The fourth-order valence-electron chi connectivity index (χ4n) is 1.26. The van der Waals surface area contributed by atoms with Crippen LogP contribution in [0.15, 0.2) is 60.7 Å². The van der Waals surface area contributed by atoms with Gasteiger partial charge in [0.2, 0.25) is 0 Å². The summed E-state index contributed by atoms with van der Waals surface area (Å²) in [7, 11) is -0.610. The SMILES string of the molecule is c1ccc(O[SiH2]c2ccccc2)cc1. The fraction of sp³-hybridized carbons (Fsp3) is 0. The molecule has 0 saturated heterocycles. The van der Waals surface area contributed by atoms with E-state index in [9.17, 15) is 0 Å². The highest BCUT2D eigenvalue weighted by Crippen LogP contribution is 2.06. The Morgan fingerprint density at radius 3 is 1.93 bits per heavy atom. The summed E-state index contributed by atoms with van der Waals surface area (Å²) in [5.74, 6) is 0.975. The van der Waals surface area contributed by atoms with E-state index in [2.05, 4.69) is 24.3 Å². The van der Waals surface area contributed by atoms with E-state index in [1.807, 2.05) is 36.4 Å². The molecule has 70 valence electrons. The van der Waals surface area contributed by atoms with E-state index in [1.165, 1.54) is 5.19 Å². The molecule has 1 nitrogen and oxygen atoms in total. The summed E-state index contributed by atoms with van der Waals surface area (Å²) in [4.78, 5) is 0.